The van der Waals surface area contributed by atoms with E-state index in [0.29, 0.717) is 5.54 Å². The summed E-state index contributed by atoms with van der Waals surface area (Å²) in [7, 11) is 4.42. The number of nitrogens with zero attached hydrogens (tertiary/aromatic N) is 2. The van der Waals surface area contributed by atoms with E-state index >= 15 is 0 Å². The molecule has 3 heteroatoms. The number of hydrogen-bond donors (Lipinski definition) is 1. The first-order chi connectivity index (χ1) is 9.74. The molecule has 0 saturated heterocycles. The monoisotopic (exact) mass is 290 g/mol. The lowest BCUT2D eigenvalue weighted by molar-refractivity contribution is 0.0392. The second-order valence-corrected chi connectivity index (χ2v) is 8.31. The molecule has 1 saturated carbocycles. The van der Waals surface area contributed by atoms with Crippen molar-refractivity contribution in [3.63, 3.8) is 0 Å². The minimum atomic E-state index is -0.291. The normalized spacial score (nSPS) is 26.5. The molecular formula is C18H30N2O. The zero-order chi connectivity index (χ0) is 15.4. The topological polar surface area (TPSA) is 28.4 Å². The molecule has 1 fully saturated rings. The van der Waals surface area contributed by atoms with E-state index in [1.54, 1.807) is 0 Å². The fraction of sp³-hybridized carbons (Fsp3) is 0.778. The summed E-state index contributed by atoms with van der Waals surface area (Å²) in [6, 6.07) is 2.22. The molecule has 0 aromatic carbocycles. The summed E-state index contributed by atoms with van der Waals surface area (Å²) in [6.45, 7) is 7.82. The van der Waals surface area contributed by atoms with Crippen molar-refractivity contribution in [1.82, 2.24) is 9.47 Å². The van der Waals surface area contributed by atoms with E-state index in [-0.39, 0.29) is 11.5 Å². The van der Waals surface area contributed by atoms with E-state index in [4.69, 9.17) is 0 Å². The Balaban J connectivity index is 1.97. The number of fused-ring (bicyclic) bond motifs is 1. The van der Waals surface area contributed by atoms with Gasteiger partial charge in [-0.1, -0.05) is 13.8 Å². The van der Waals surface area contributed by atoms with Gasteiger partial charge in [-0.25, -0.2) is 0 Å². The van der Waals surface area contributed by atoms with Crippen molar-refractivity contribution >= 4 is 0 Å². The maximum absolute atomic E-state index is 10.5. The number of aryl methyl sites for hydroxylation is 1. The van der Waals surface area contributed by atoms with Crippen molar-refractivity contribution in [3.05, 3.63) is 23.0 Å². The molecule has 3 nitrogen and oxygen atoms in total. The third-order valence-corrected chi connectivity index (χ3v) is 5.89. The van der Waals surface area contributed by atoms with Gasteiger partial charge in [-0.05, 0) is 64.6 Å². The van der Waals surface area contributed by atoms with Gasteiger partial charge in [-0.15, -0.1) is 0 Å². The van der Waals surface area contributed by atoms with Crippen LogP contribution in [0.4, 0.5) is 0 Å². The summed E-state index contributed by atoms with van der Waals surface area (Å²) in [4.78, 5) is 2.41. The minimum Gasteiger partial charge on any atom is -0.388 e. The molecule has 1 heterocycles. The average Bonchev–Trinajstić information content (AvgIpc) is 2.59. The number of aliphatic hydroxyl groups is 1. The van der Waals surface area contributed by atoms with Gasteiger partial charge in [0.2, 0.25) is 0 Å². The molecule has 1 N–H and O–H groups in total. The molecule has 0 bridgehead atoms. The molecule has 0 amide bonds. The Morgan fingerprint density at radius 1 is 1.33 bits per heavy atom. The van der Waals surface area contributed by atoms with Crippen LogP contribution >= 0.6 is 0 Å². The van der Waals surface area contributed by atoms with Gasteiger partial charge in [0.15, 0.2) is 0 Å². The zero-order valence-corrected chi connectivity index (χ0v) is 14.2. The van der Waals surface area contributed by atoms with Crippen LogP contribution in [-0.4, -0.2) is 34.2 Å². The van der Waals surface area contributed by atoms with Crippen LogP contribution in [-0.2, 0) is 13.0 Å². The van der Waals surface area contributed by atoms with E-state index in [9.17, 15) is 5.11 Å². The van der Waals surface area contributed by atoms with E-state index in [0.717, 1.165) is 19.4 Å². The van der Waals surface area contributed by atoms with Gasteiger partial charge in [-0.2, -0.15) is 0 Å². The Kier molecular flexibility index (Phi) is 3.49. The smallest absolute Gasteiger partial charge is 0.0812 e. The average molecular weight is 290 g/mol. The highest BCUT2D eigenvalue weighted by Gasteiger charge is 2.41. The maximum Gasteiger partial charge on any atom is 0.0812 e. The van der Waals surface area contributed by atoms with Crippen molar-refractivity contribution in [3.8, 4) is 0 Å². The number of likely N-dealkylation sites (N-methyl/N-ethyl adjacent to an activating group) is 1. The van der Waals surface area contributed by atoms with Gasteiger partial charge >= 0.3 is 0 Å². The molecule has 0 aliphatic heterocycles. The second kappa shape index (κ2) is 4.85. The SMILES string of the molecule is Cc1cc2c(n1CC1(N(C)C)CCC1)CC(C)(C)CC2O. The van der Waals surface area contributed by atoms with Gasteiger partial charge in [0.05, 0.1) is 6.10 Å². The Morgan fingerprint density at radius 2 is 2.00 bits per heavy atom. The second-order valence-electron chi connectivity index (χ2n) is 8.31. The summed E-state index contributed by atoms with van der Waals surface area (Å²) in [5, 5.41) is 10.5. The van der Waals surface area contributed by atoms with Crippen LogP contribution in [0.15, 0.2) is 6.07 Å². The van der Waals surface area contributed by atoms with Crippen molar-refractivity contribution in [2.75, 3.05) is 14.1 Å². The highest BCUT2D eigenvalue weighted by molar-refractivity contribution is 5.33. The molecule has 21 heavy (non-hydrogen) atoms. The summed E-state index contributed by atoms with van der Waals surface area (Å²) in [5.74, 6) is 0. The largest absolute Gasteiger partial charge is 0.388 e. The van der Waals surface area contributed by atoms with Gasteiger partial charge < -0.3 is 14.6 Å². The Bertz CT molecular complexity index is 538. The zero-order valence-electron chi connectivity index (χ0n) is 14.2. The van der Waals surface area contributed by atoms with E-state index in [1.807, 2.05) is 0 Å². The molecule has 118 valence electrons. The molecular weight excluding hydrogens is 260 g/mol. The third-order valence-electron chi connectivity index (χ3n) is 5.89. The van der Waals surface area contributed by atoms with Crippen LogP contribution in [0.5, 0.6) is 0 Å². The minimum absolute atomic E-state index is 0.194. The molecule has 1 atom stereocenters. The predicted octanol–water partition coefficient (Wildman–Crippen LogP) is 3.29. The molecule has 1 aromatic heterocycles. The lowest BCUT2D eigenvalue weighted by Crippen LogP contribution is -2.53. The lowest BCUT2D eigenvalue weighted by atomic mass is 9.74. The number of rotatable bonds is 3. The van der Waals surface area contributed by atoms with Gasteiger partial charge in [-0.3, -0.25) is 0 Å². The number of aromatic nitrogens is 1. The van der Waals surface area contributed by atoms with Crippen LogP contribution in [0.1, 0.15) is 62.6 Å². The number of aliphatic hydroxyl groups excluding tert-OH is 1. The summed E-state index contributed by atoms with van der Waals surface area (Å²) in [5.41, 5.74) is 4.39. The summed E-state index contributed by atoms with van der Waals surface area (Å²) < 4.78 is 2.50. The predicted molar refractivity (Wildman–Crippen MR) is 86.5 cm³/mol. The highest BCUT2D eigenvalue weighted by atomic mass is 16.3. The molecule has 2 aliphatic carbocycles. The first-order valence-corrected chi connectivity index (χ1v) is 8.29. The fourth-order valence-corrected chi connectivity index (χ4v) is 4.25. The van der Waals surface area contributed by atoms with Crippen LogP contribution in [0.2, 0.25) is 0 Å². The summed E-state index contributed by atoms with van der Waals surface area (Å²) >= 11 is 0. The van der Waals surface area contributed by atoms with Crippen molar-refractivity contribution in [2.45, 2.75) is 71.1 Å². The molecule has 0 spiro atoms. The quantitative estimate of drug-likeness (QED) is 0.925. The Morgan fingerprint density at radius 3 is 2.52 bits per heavy atom. The molecule has 0 radical (unpaired) electrons. The first-order valence-electron chi connectivity index (χ1n) is 8.29. The third kappa shape index (κ3) is 2.44. The first kappa shape index (κ1) is 15.1. The molecule has 3 rings (SSSR count). The Labute approximate surface area is 129 Å². The molecule has 1 unspecified atom stereocenters. The molecule has 1 aromatic rings. The lowest BCUT2D eigenvalue weighted by Gasteiger charge is -2.48. The highest BCUT2D eigenvalue weighted by Crippen LogP contribution is 2.44. The van der Waals surface area contributed by atoms with Crippen LogP contribution in [0, 0.1) is 12.3 Å². The van der Waals surface area contributed by atoms with Gasteiger partial charge in [0.1, 0.15) is 0 Å². The fourth-order valence-electron chi connectivity index (χ4n) is 4.25. The number of hydrogen-bond acceptors (Lipinski definition) is 2. The Hall–Kier alpha value is -0.800. The molecule has 2 aliphatic rings. The van der Waals surface area contributed by atoms with Gasteiger partial charge in [0.25, 0.3) is 0 Å². The van der Waals surface area contributed by atoms with Crippen LogP contribution in [0.3, 0.4) is 0 Å². The van der Waals surface area contributed by atoms with E-state index < -0.39 is 0 Å². The van der Waals surface area contributed by atoms with Crippen LogP contribution < -0.4 is 0 Å². The maximum atomic E-state index is 10.5. The van der Waals surface area contributed by atoms with E-state index in [2.05, 4.69) is 50.4 Å². The van der Waals surface area contributed by atoms with Crippen molar-refractivity contribution < 1.29 is 5.11 Å². The van der Waals surface area contributed by atoms with Crippen molar-refractivity contribution in [1.29, 1.82) is 0 Å². The summed E-state index contributed by atoms with van der Waals surface area (Å²) in [6.07, 6.45) is 5.59. The van der Waals surface area contributed by atoms with E-state index in [1.165, 1.54) is 36.2 Å². The van der Waals surface area contributed by atoms with Crippen LogP contribution in [0.25, 0.3) is 0 Å². The standard InChI is InChI=1S/C18H30N2O/c1-13-9-14-15(10-17(2,3)11-16(14)21)20(13)12-18(19(4)5)7-6-8-18/h9,16,21H,6-8,10-12H2,1-5H3. The van der Waals surface area contributed by atoms with Crippen molar-refractivity contribution in [2.24, 2.45) is 5.41 Å². The van der Waals surface area contributed by atoms with Gasteiger partial charge in [0, 0.05) is 29.0 Å².